The van der Waals surface area contributed by atoms with Gasteiger partial charge in [0, 0.05) is 12.5 Å². The number of nitrogens with one attached hydrogen (secondary N) is 1. The lowest BCUT2D eigenvalue weighted by molar-refractivity contribution is -0.136. The highest BCUT2D eigenvalue weighted by Crippen LogP contribution is 2.36. The van der Waals surface area contributed by atoms with Crippen LogP contribution in [0.1, 0.15) is 33.6 Å². The Hall–Kier alpha value is -2.90. The van der Waals surface area contributed by atoms with Gasteiger partial charge in [-0.15, -0.1) is 0 Å². The molecule has 0 aromatic heterocycles. The Labute approximate surface area is 124 Å². The zero-order valence-corrected chi connectivity index (χ0v) is 11.6. The summed E-state index contributed by atoms with van der Waals surface area (Å²) in [5.74, 6) is -2.65. The van der Waals surface area contributed by atoms with Gasteiger partial charge in [0.05, 0.1) is 18.2 Å². The molecule has 2 N–H and O–H groups in total. The molecule has 0 saturated carbocycles. The number of amides is 4. The summed E-state index contributed by atoms with van der Waals surface area (Å²) in [6.07, 6.45) is 0.122. The summed E-state index contributed by atoms with van der Waals surface area (Å²) in [5, 5.41) is 11.7. The Morgan fingerprint density at radius 1 is 1.23 bits per heavy atom. The molecule has 1 fully saturated rings. The van der Waals surface area contributed by atoms with E-state index in [0.29, 0.717) is 0 Å². The number of rotatable bonds is 2. The number of nitrogens with zero attached hydrogens (tertiary/aromatic N) is 1. The van der Waals surface area contributed by atoms with E-state index in [1.165, 1.54) is 13.2 Å². The standard InChI is InChI=1S/C14H12N2O6/c1-22-9-5-6(17)4-7-11(9)14(21)16(13(7)20)8-2-3-10(18)15-12(8)19/h4-5,8,17H,2-3H2,1H3,(H,15,18,19). The van der Waals surface area contributed by atoms with Crippen LogP contribution in [0.25, 0.3) is 0 Å². The molecule has 1 atom stereocenters. The monoisotopic (exact) mass is 304 g/mol. The van der Waals surface area contributed by atoms with Crippen molar-refractivity contribution in [1.29, 1.82) is 0 Å². The summed E-state index contributed by atoms with van der Waals surface area (Å²) in [7, 11) is 1.31. The smallest absolute Gasteiger partial charge is 0.266 e. The van der Waals surface area contributed by atoms with Crippen molar-refractivity contribution in [2.75, 3.05) is 7.11 Å². The normalized spacial score (nSPS) is 21.0. The van der Waals surface area contributed by atoms with Crippen molar-refractivity contribution in [2.45, 2.75) is 18.9 Å². The Kier molecular flexibility index (Phi) is 3.09. The molecule has 1 unspecified atom stereocenters. The molecule has 2 aliphatic rings. The number of methoxy groups -OCH3 is 1. The largest absolute Gasteiger partial charge is 0.508 e. The van der Waals surface area contributed by atoms with Gasteiger partial charge in [0.2, 0.25) is 11.8 Å². The molecule has 8 heteroatoms. The van der Waals surface area contributed by atoms with Gasteiger partial charge in [-0.1, -0.05) is 0 Å². The van der Waals surface area contributed by atoms with Crippen LogP contribution in [0.4, 0.5) is 0 Å². The molecule has 0 radical (unpaired) electrons. The second kappa shape index (κ2) is 4.83. The molecule has 1 aromatic rings. The second-order valence-corrected chi connectivity index (χ2v) is 5.02. The molecule has 114 valence electrons. The molecule has 4 amide bonds. The summed E-state index contributed by atoms with van der Waals surface area (Å²) >= 11 is 0. The van der Waals surface area contributed by atoms with Crippen molar-refractivity contribution in [2.24, 2.45) is 0 Å². The van der Waals surface area contributed by atoms with E-state index in [2.05, 4.69) is 5.32 Å². The van der Waals surface area contributed by atoms with E-state index in [1.54, 1.807) is 0 Å². The summed E-state index contributed by atoms with van der Waals surface area (Å²) in [6, 6.07) is 1.33. The fraction of sp³-hybridized carbons (Fsp3) is 0.286. The summed E-state index contributed by atoms with van der Waals surface area (Å²) in [5.41, 5.74) is -0.0125. The SMILES string of the molecule is COc1cc(O)cc2c1C(=O)N(C1CCC(=O)NC1=O)C2=O. The predicted molar refractivity (Wildman–Crippen MR) is 71.3 cm³/mol. The molecule has 8 nitrogen and oxygen atoms in total. The van der Waals surface area contributed by atoms with Gasteiger partial charge in [0.1, 0.15) is 17.5 Å². The lowest BCUT2D eigenvalue weighted by Crippen LogP contribution is -2.54. The van der Waals surface area contributed by atoms with Gasteiger partial charge in [0.15, 0.2) is 0 Å². The van der Waals surface area contributed by atoms with Crippen molar-refractivity contribution in [1.82, 2.24) is 10.2 Å². The van der Waals surface area contributed by atoms with Gasteiger partial charge < -0.3 is 9.84 Å². The predicted octanol–water partition coefficient (Wildman–Crippen LogP) is -0.198. The number of piperidine rings is 1. The number of carbonyl (C=O) groups is 4. The van der Waals surface area contributed by atoms with E-state index in [4.69, 9.17) is 4.74 Å². The third-order valence-electron chi connectivity index (χ3n) is 3.71. The number of aromatic hydroxyl groups is 1. The first-order valence-electron chi connectivity index (χ1n) is 6.56. The molecule has 1 saturated heterocycles. The zero-order chi connectivity index (χ0) is 16.0. The Bertz CT molecular complexity index is 726. The van der Waals surface area contributed by atoms with Gasteiger partial charge in [-0.3, -0.25) is 29.4 Å². The number of phenols is 1. The lowest BCUT2D eigenvalue weighted by Gasteiger charge is -2.27. The van der Waals surface area contributed by atoms with Crippen molar-refractivity contribution in [3.63, 3.8) is 0 Å². The summed E-state index contributed by atoms with van der Waals surface area (Å²) < 4.78 is 5.02. The number of hydrogen-bond acceptors (Lipinski definition) is 6. The van der Waals surface area contributed by atoms with Crippen LogP contribution in [0.5, 0.6) is 11.5 Å². The second-order valence-electron chi connectivity index (χ2n) is 5.02. The molecular weight excluding hydrogens is 292 g/mol. The molecule has 0 bridgehead atoms. The highest BCUT2D eigenvalue weighted by Gasteiger charge is 2.46. The first-order valence-corrected chi connectivity index (χ1v) is 6.56. The van der Waals surface area contributed by atoms with Crippen molar-refractivity contribution in [3.05, 3.63) is 23.3 Å². The van der Waals surface area contributed by atoms with Gasteiger partial charge in [-0.25, -0.2) is 0 Å². The molecule has 1 aromatic carbocycles. The summed E-state index contributed by atoms with van der Waals surface area (Å²) in [6.45, 7) is 0. The van der Waals surface area contributed by atoms with Gasteiger partial charge >= 0.3 is 0 Å². The number of ether oxygens (including phenoxy) is 1. The van der Waals surface area contributed by atoms with E-state index < -0.39 is 29.7 Å². The third-order valence-corrected chi connectivity index (χ3v) is 3.71. The average molecular weight is 304 g/mol. The minimum absolute atomic E-state index is 0.00926. The molecule has 0 spiro atoms. The first-order chi connectivity index (χ1) is 10.4. The highest BCUT2D eigenvalue weighted by atomic mass is 16.5. The van der Waals surface area contributed by atoms with Crippen LogP contribution in [0.3, 0.4) is 0 Å². The topological polar surface area (TPSA) is 113 Å². The van der Waals surface area contributed by atoms with Crippen molar-refractivity contribution in [3.8, 4) is 11.5 Å². The maximum Gasteiger partial charge on any atom is 0.266 e. The van der Waals surface area contributed by atoms with Crippen molar-refractivity contribution < 1.29 is 29.0 Å². The van der Waals surface area contributed by atoms with Crippen LogP contribution < -0.4 is 10.1 Å². The molecular formula is C14H12N2O6. The van der Waals surface area contributed by atoms with Crippen LogP contribution in [-0.4, -0.2) is 46.8 Å². The fourth-order valence-electron chi connectivity index (χ4n) is 2.71. The highest BCUT2D eigenvalue weighted by molar-refractivity contribution is 6.24. The van der Waals surface area contributed by atoms with Gasteiger partial charge in [-0.2, -0.15) is 0 Å². The maximum atomic E-state index is 12.5. The molecule has 0 aliphatic carbocycles. The van der Waals surface area contributed by atoms with E-state index in [1.807, 2.05) is 0 Å². The minimum Gasteiger partial charge on any atom is -0.508 e. The van der Waals surface area contributed by atoms with Crippen LogP contribution in [0.2, 0.25) is 0 Å². The number of hydrogen-bond donors (Lipinski definition) is 2. The third kappa shape index (κ3) is 1.92. The Morgan fingerprint density at radius 2 is 1.95 bits per heavy atom. The van der Waals surface area contributed by atoms with E-state index in [-0.39, 0.29) is 35.5 Å². The molecule has 2 heterocycles. The summed E-state index contributed by atoms with van der Waals surface area (Å²) in [4.78, 5) is 48.8. The number of fused-ring (bicyclic) bond motifs is 1. The molecule has 2 aliphatic heterocycles. The van der Waals surface area contributed by atoms with E-state index in [0.717, 1.165) is 11.0 Å². The van der Waals surface area contributed by atoms with Gasteiger partial charge in [0.25, 0.3) is 11.8 Å². The van der Waals surface area contributed by atoms with E-state index in [9.17, 15) is 24.3 Å². The number of carbonyl (C=O) groups excluding carboxylic acids is 4. The van der Waals surface area contributed by atoms with Crippen LogP contribution in [0.15, 0.2) is 12.1 Å². The van der Waals surface area contributed by atoms with Crippen LogP contribution in [-0.2, 0) is 9.59 Å². The maximum absolute atomic E-state index is 12.5. The first kappa shape index (κ1) is 14.1. The van der Waals surface area contributed by atoms with E-state index >= 15 is 0 Å². The minimum atomic E-state index is -1.04. The Morgan fingerprint density at radius 3 is 2.59 bits per heavy atom. The number of imide groups is 2. The zero-order valence-electron chi connectivity index (χ0n) is 11.6. The quantitative estimate of drug-likeness (QED) is 0.732. The van der Waals surface area contributed by atoms with Crippen molar-refractivity contribution >= 4 is 23.6 Å². The average Bonchev–Trinajstić information content (AvgIpc) is 2.71. The lowest BCUT2D eigenvalue weighted by atomic mass is 10.0. The Balaban J connectivity index is 2.04. The molecule has 3 rings (SSSR count). The van der Waals surface area contributed by atoms with Gasteiger partial charge in [-0.05, 0) is 12.5 Å². The van der Waals surface area contributed by atoms with Crippen LogP contribution in [0, 0.1) is 0 Å². The number of phenolic OH excluding ortho intramolecular Hbond substituents is 1. The number of benzene rings is 1. The van der Waals surface area contributed by atoms with Crippen LogP contribution >= 0.6 is 0 Å². The molecule has 22 heavy (non-hydrogen) atoms. The fourth-order valence-corrected chi connectivity index (χ4v) is 2.71.